The zero-order valence-electron chi connectivity index (χ0n) is 28.3. The Kier molecular flexibility index (Phi) is 12.9. The molecule has 0 radical (unpaired) electrons. The molecule has 1 aromatic heterocycles. The molecular formula is C38H37BrN4O6S2. The number of fused-ring (bicyclic) bond motifs is 1. The minimum absolute atomic E-state index is 0.0491. The van der Waals surface area contributed by atoms with Gasteiger partial charge in [-0.3, -0.25) is 19.2 Å². The van der Waals surface area contributed by atoms with Gasteiger partial charge >= 0.3 is 5.97 Å². The van der Waals surface area contributed by atoms with Crippen molar-refractivity contribution >= 4 is 85.4 Å². The lowest BCUT2D eigenvalue weighted by Gasteiger charge is -2.25. The topological polar surface area (TPSA) is 134 Å². The first kappa shape index (κ1) is 37.5. The number of esters is 1. The van der Waals surface area contributed by atoms with Crippen molar-refractivity contribution in [2.24, 2.45) is 0 Å². The van der Waals surface area contributed by atoms with Gasteiger partial charge < -0.3 is 25.6 Å². The van der Waals surface area contributed by atoms with Gasteiger partial charge in [0, 0.05) is 39.0 Å². The smallest absolute Gasteiger partial charge is 0.341 e. The molecule has 4 aromatic rings. The second-order valence-corrected chi connectivity index (χ2v) is 14.8. The average molecular weight is 790 g/mol. The Morgan fingerprint density at radius 3 is 2.41 bits per heavy atom. The van der Waals surface area contributed by atoms with Crippen LogP contribution in [0.4, 0.5) is 10.7 Å². The third-order valence-corrected chi connectivity index (χ3v) is 11.0. The van der Waals surface area contributed by atoms with Crippen LogP contribution in [0.2, 0.25) is 0 Å². The molecule has 0 aliphatic carbocycles. The summed E-state index contributed by atoms with van der Waals surface area (Å²) in [4.78, 5) is 68.7. The maximum Gasteiger partial charge on any atom is 0.341 e. The lowest BCUT2D eigenvalue weighted by molar-refractivity contribution is -0.129. The van der Waals surface area contributed by atoms with Gasteiger partial charge in [-0.1, -0.05) is 59.3 Å². The number of nitrogens with zero attached hydrogens (tertiary/aromatic N) is 1. The number of rotatable bonds is 12. The van der Waals surface area contributed by atoms with E-state index in [0.29, 0.717) is 53.3 Å². The number of anilines is 2. The lowest BCUT2D eigenvalue weighted by atomic mass is 10.0. The molecule has 2 heterocycles. The van der Waals surface area contributed by atoms with Gasteiger partial charge in [-0.05, 0) is 79.4 Å². The molecule has 0 bridgehead atoms. The van der Waals surface area contributed by atoms with E-state index in [0.717, 1.165) is 19.8 Å². The highest BCUT2D eigenvalue weighted by atomic mass is 79.9. The van der Waals surface area contributed by atoms with E-state index in [2.05, 4.69) is 31.9 Å². The molecule has 0 saturated heterocycles. The fourth-order valence-corrected chi connectivity index (χ4v) is 7.90. The molecule has 1 aliphatic rings. The number of carbonyl (C=O) groups is 5. The number of carbonyl (C=O) groups excluding carboxylic acids is 5. The molecule has 10 nitrogen and oxygen atoms in total. The van der Waals surface area contributed by atoms with E-state index in [1.165, 1.54) is 30.0 Å². The summed E-state index contributed by atoms with van der Waals surface area (Å²) in [5, 5.41) is 8.48. The van der Waals surface area contributed by atoms with E-state index in [9.17, 15) is 24.0 Å². The van der Waals surface area contributed by atoms with Gasteiger partial charge in [-0.2, -0.15) is 0 Å². The Hall–Kier alpha value is -4.72. The number of hydrogen-bond acceptors (Lipinski definition) is 8. The van der Waals surface area contributed by atoms with Crippen LogP contribution in [-0.4, -0.2) is 52.9 Å². The van der Waals surface area contributed by atoms with Crippen LogP contribution in [0.3, 0.4) is 0 Å². The Bertz CT molecular complexity index is 1960. The van der Waals surface area contributed by atoms with Gasteiger partial charge in [0.25, 0.3) is 11.8 Å². The van der Waals surface area contributed by atoms with Gasteiger partial charge in [0.1, 0.15) is 10.7 Å². The molecule has 1 atom stereocenters. The average Bonchev–Trinajstić information content (AvgIpc) is 3.48. The number of nitrogens with one attached hydrogen (secondary N) is 3. The van der Waals surface area contributed by atoms with Crippen LogP contribution in [0.25, 0.3) is 6.08 Å². The third-order valence-electron chi connectivity index (χ3n) is 7.96. The quantitative estimate of drug-likeness (QED) is 0.0769. The van der Waals surface area contributed by atoms with Gasteiger partial charge in [-0.15, -0.1) is 23.1 Å². The predicted molar refractivity (Wildman–Crippen MR) is 205 cm³/mol. The number of thioether (sulfide) groups is 1. The van der Waals surface area contributed by atoms with Crippen molar-refractivity contribution in [3.8, 4) is 0 Å². The highest BCUT2D eigenvalue weighted by Gasteiger charge is 2.31. The van der Waals surface area contributed by atoms with Gasteiger partial charge in [0.15, 0.2) is 0 Å². The summed E-state index contributed by atoms with van der Waals surface area (Å²) in [5.74, 6) is -1.78. The molecular weight excluding hydrogens is 752 g/mol. The minimum Gasteiger partial charge on any atom is -0.462 e. The van der Waals surface area contributed by atoms with Crippen LogP contribution in [0.15, 0.2) is 93.9 Å². The number of hydrogen-bond donors (Lipinski definition) is 3. The van der Waals surface area contributed by atoms with Gasteiger partial charge in [0.05, 0.1) is 24.0 Å². The Morgan fingerprint density at radius 2 is 1.73 bits per heavy atom. The fourth-order valence-electron chi connectivity index (χ4n) is 5.37. The van der Waals surface area contributed by atoms with E-state index >= 15 is 0 Å². The zero-order valence-corrected chi connectivity index (χ0v) is 31.5. The predicted octanol–water partition coefficient (Wildman–Crippen LogP) is 7.51. The zero-order chi connectivity index (χ0) is 36.5. The molecule has 3 aromatic carbocycles. The number of halogens is 1. The maximum absolute atomic E-state index is 13.7. The van der Waals surface area contributed by atoms with Crippen molar-refractivity contribution in [2.75, 3.05) is 23.8 Å². The SMILES string of the molecule is CCOC(=O)c1c(NC(=O)C(CC)Sc2cccc(NC(=O)/C(=C/c3ccc(Br)cc3)NC(=O)c3ccccc3)c2)sc2c1CCN(C(C)=O)C2. The molecule has 1 aliphatic heterocycles. The number of ether oxygens (including phenoxy) is 1. The van der Waals surface area contributed by atoms with Crippen LogP contribution in [0, 0.1) is 0 Å². The molecule has 264 valence electrons. The summed E-state index contributed by atoms with van der Waals surface area (Å²) >= 11 is 6.04. The van der Waals surface area contributed by atoms with Crippen molar-refractivity contribution in [3.05, 3.63) is 116 Å². The summed E-state index contributed by atoms with van der Waals surface area (Å²) in [6.07, 6.45) is 2.58. The Labute approximate surface area is 313 Å². The first-order valence-electron chi connectivity index (χ1n) is 16.4. The van der Waals surface area contributed by atoms with Crippen LogP contribution in [0.1, 0.15) is 63.9 Å². The summed E-state index contributed by atoms with van der Waals surface area (Å²) in [6.45, 7) is 6.19. The fraction of sp³-hybridized carbons (Fsp3) is 0.237. The van der Waals surface area contributed by atoms with Crippen molar-refractivity contribution < 1.29 is 28.7 Å². The normalized spacial score (nSPS) is 13.1. The van der Waals surface area contributed by atoms with Crippen LogP contribution in [0.5, 0.6) is 0 Å². The van der Waals surface area contributed by atoms with Crippen molar-refractivity contribution in [1.29, 1.82) is 0 Å². The number of amides is 4. The van der Waals surface area contributed by atoms with Gasteiger partial charge in [-0.25, -0.2) is 4.79 Å². The Balaban J connectivity index is 1.32. The third kappa shape index (κ3) is 9.75. The van der Waals surface area contributed by atoms with E-state index in [-0.39, 0.29) is 24.1 Å². The molecule has 51 heavy (non-hydrogen) atoms. The highest BCUT2D eigenvalue weighted by molar-refractivity contribution is 9.10. The summed E-state index contributed by atoms with van der Waals surface area (Å²) < 4.78 is 6.22. The van der Waals surface area contributed by atoms with Crippen molar-refractivity contribution in [3.63, 3.8) is 0 Å². The van der Waals surface area contributed by atoms with Crippen LogP contribution >= 0.6 is 39.0 Å². The number of benzene rings is 3. The molecule has 0 saturated carbocycles. The van der Waals surface area contributed by atoms with Gasteiger partial charge in [0.2, 0.25) is 11.8 Å². The van der Waals surface area contributed by atoms with E-state index in [4.69, 9.17) is 4.74 Å². The maximum atomic E-state index is 13.7. The van der Waals surface area contributed by atoms with Crippen LogP contribution < -0.4 is 16.0 Å². The first-order chi connectivity index (χ1) is 24.6. The molecule has 13 heteroatoms. The summed E-state index contributed by atoms with van der Waals surface area (Å²) in [5.41, 5.74) is 2.81. The van der Waals surface area contributed by atoms with Crippen LogP contribution in [-0.2, 0) is 32.1 Å². The van der Waals surface area contributed by atoms with Crippen molar-refractivity contribution in [2.45, 2.75) is 50.3 Å². The second-order valence-electron chi connectivity index (χ2n) is 11.5. The number of thiophene rings is 1. The summed E-state index contributed by atoms with van der Waals surface area (Å²) in [7, 11) is 0. The monoisotopic (exact) mass is 788 g/mol. The first-order valence-corrected chi connectivity index (χ1v) is 18.8. The largest absolute Gasteiger partial charge is 0.462 e. The van der Waals surface area contributed by atoms with E-state index in [1.807, 2.05) is 37.3 Å². The summed E-state index contributed by atoms with van der Waals surface area (Å²) in [6, 6.07) is 23.1. The van der Waals surface area contributed by atoms with Crippen molar-refractivity contribution in [1.82, 2.24) is 10.2 Å². The highest BCUT2D eigenvalue weighted by Crippen LogP contribution is 2.39. The lowest BCUT2D eigenvalue weighted by Crippen LogP contribution is -2.34. The Morgan fingerprint density at radius 1 is 0.980 bits per heavy atom. The molecule has 1 unspecified atom stereocenters. The minimum atomic E-state index is -0.531. The molecule has 3 N–H and O–H groups in total. The standard InChI is InChI=1S/C38H37BrN4O6S2/c1-4-31(36(47)42-37-33(38(48)49-5-2)29-18-19-43(23(3)44)22-32(29)51-37)50-28-13-9-12-27(21-28)40-35(46)30(20-24-14-16-26(39)17-15-24)41-34(45)25-10-7-6-8-11-25/h6-17,20-21,31H,4-5,18-19,22H2,1-3H3,(H,40,46)(H,41,45)(H,42,47)/b30-20-. The van der Waals surface area contributed by atoms with E-state index < -0.39 is 23.0 Å². The second kappa shape index (κ2) is 17.5. The molecule has 0 fully saturated rings. The molecule has 5 rings (SSSR count). The molecule has 4 amide bonds. The van der Waals surface area contributed by atoms with E-state index in [1.54, 1.807) is 66.4 Å². The molecule has 0 spiro atoms.